The average Bonchev–Trinajstić information content (AvgIpc) is 3.20. The van der Waals surface area contributed by atoms with Crippen molar-refractivity contribution in [3.8, 4) is 0 Å². The van der Waals surface area contributed by atoms with Crippen molar-refractivity contribution < 1.29 is 42.1 Å². The average molecular weight is 861 g/mol. The van der Waals surface area contributed by atoms with Crippen LogP contribution in [0.25, 0.3) is 0 Å². The first-order valence-corrected chi connectivity index (χ1v) is 24.8. The highest BCUT2D eigenvalue weighted by molar-refractivity contribution is 7.47. The van der Waals surface area contributed by atoms with Gasteiger partial charge in [-0.25, -0.2) is 4.57 Å². The first-order chi connectivity index (χ1) is 29.0. The Morgan fingerprint density at radius 1 is 0.517 bits per heavy atom. The maximum atomic E-state index is 12.7. The minimum atomic E-state index is -4.40. The molecule has 0 radical (unpaired) electrons. The van der Waals surface area contributed by atoms with Crippen molar-refractivity contribution in [3.63, 3.8) is 0 Å². The van der Waals surface area contributed by atoms with Gasteiger partial charge in [0.05, 0.1) is 27.7 Å². The van der Waals surface area contributed by atoms with Crippen LogP contribution in [0, 0.1) is 0 Å². The third kappa shape index (κ3) is 44.7. The van der Waals surface area contributed by atoms with Crippen molar-refractivity contribution in [2.75, 3.05) is 47.5 Å². The normalized spacial score (nSPS) is 14.3. The van der Waals surface area contributed by atoms with E-state index in [2.05, 4.69) is 98.9 Å². The van der Waals surface area contributed by atoms with E-state index in [9.17, 15) is 19.0 Å². The number of phosphoric acid groups is 1. The summed E-state index contributed by atoms with van der Waals surface area (Å²) in [5, 5.41) is 0. The van der Waals surface area contributed by atoms with Crippen LogP contribution in [0.3, 0.4) is 0 Å². The molecule has 0 aromatic rings. The molecule has 9 nitrogen and oxygen atoms in total. The fourth-order valence-corrected chi connectivity index (χ4v) is 6.46. The summed E-state index contributed by atoms with van der Waals surface area (Å²) in [6, 6.07) is 0. The van der Waals surface area contributed by atoms with Gasteiger partial charge in [-0.15, -0.1) is 0 Å². The molecule has 0 amide bonds. The lowest BCUT2D eigenvalue weighted by atomic mass is 10.1. The Morgan fingerprint density at radius 3 is 1.42 bits per heavy atom. The topological polar surface area (TPSA) is 108 Å². The van der Waals surface area contributed by atoms with Gasteiger partial charge in [0.15, 0.2) is 6.10 Å². The highest BCUT2D eigenvalue weighted by atomic mass is 31.2. The Morgan fingerprint density at radius 2 is 0.917 bits per heavy atom. The zero-order chi connectivity index (χ0) is 44.3. The fourth-order valence-electron chi connectivity index (χ4n) is 5.72. The molecule has 0 saturated carbocycles. The lowest BCUT2D eigenvalue weighted by Crippen LogP contribution is -2.37. The summed E-state index contributed by atoms with van der Waals surface area (Å²) >= 11 is 0. The van der Waals surface area contributed by atoms with E-state index in [1.54, 1.807) is 0 Å². The highest BCUT2D eigenvalue weighted by Crippen LogP contribution is 2.43. The van der Waals surface area contributed by atoms with Gasteiger partial charge in [-0.3, -0.25) is 18.6 Å². The fraction of sp³-hybridized carbons (Fsp3) is 0.680. The molecule has 1 unspecified atom stereocenters. The van der Waals surface area contributed by atoms with Crippen LogP contribution in [0.5, 0.6) is 0 Å². The molecule has 1 N–H and O–H groups in total. The van der Waals surface area contributed by atoms with Gasteiger partial charge in [0.25, 0.3) is 0 Å². The minimum Gasteiger partial charge on any atom is -0.462 e. The number of phosphoric ester groups is 1. The third-order valence-corrected chi connectivity index (χ3v) is 10.4. The van der Waals surface area contributed by atoms with E-state index in [4.69, 9.17) is 18.5 Å². The van der Waals surface area contributed by atoms with Crippen molar-refractivity contribution in [2.24, 2.45) is 0 Å². The Kier molecular flexibility index (Phi) is 39.6. The Hall–Kier alpha value is -2.81. The standard InChI is InChI=1S/C50H86NO8P/c1-6-8-10-12-14-16-18-20-22-24-25-27-28-30-32-34-36-38-40-42-49(52)56-46-48(47-58-60(54,55)57-45-44-51(3,4)5)59-50(53)43-41-39-37-35-33-31-29-26-23-21-19-17-15-13-11-9-7-2/h14,16,20-23,25,27,29-32,35,37,48H,6-13,15,17-19,24,26,28,33-34,36,38-47H2,1-5H3/p+1/b16-14+,22-20+,23-21+,27-25+,31-29+,32-30+,37-35+/t48-/m1/s1. The van der Waals surface area contributed by atoms with E-state index in [-0.39, 0.29) is 26.1 Å². The maximum absolute atomic E-state index is 12.7. The zero-order valence-corrected chi connectivity index (χ0v) is 39.6. The number of esters is 2. The van der Waals surface area contributed by atoms with Gasteiger partial charge in [0.1, 0.15) is 19.8 Å². The molecule has 0 rings (SSSR count). The first kappa shape index (κ1) is 57.2. The molecular formula is C50H87NO8P+. The summed E-state index contributed by atoms with van der Waals surface area (Å²) in [5.41, 5.74) is 0. The number of hydrogen-bond acceptors (Lipinski definition) is 7. The van der Waals surface area contributed by atoms with Gasteiger partial charge in [-0.2, -0.15) is 0 Å². The van der Waals surface area contributed by atoms with Crippen LogP contribution >= 0.6 is 7.82 Å². The molecule has 0 bridgehead atoms. The van der Waals surface area contributed by atoms with Crippen molar-refractivity contribution in [1.29, 1.82) is 0 Å². The molecule has 0 heterocycles. The highest BCUT2D eigenvalue weighted by Gasteiger charge is 2.27. The number of carbonyl (C=O) groups is 2. The summed E-state index contributed by atoms with van der Waals surface area (Å²) < 4.78 is 34.2. The molecule has 0 spiro atoms. The molecule has 0 aromatic carbocycles. The number of unbranched alkanes of at least 4 members (excludes halogenated alkanes) is 13. The predicted molar refractivity (Wildman–Crippen MR) is 252 cm³/mol. The quantitative estimate of drug-likeness (QED) is 0.0213. The molecular weight excluding hydrogens is 774 g/mol. The van der Waals surface area contributed by atoms with E-state index in [0.717, 1.165) is 57.8 Å². The van der Waals surface area contributed by atoms with Crippen molar-refractivity contribution in [1.82, 2.24) is 0 Å². The van der Waals surface area contributed by atoms with E-state index >= 15 is 0 Å². The van der Waals surface area contributed by atoms with E-state index in [1.807, 2.05) is 21.1 Å². The van der Waals surface area contributed by atoms with Crippen LogP contribution in [0.4, 0.5) is 0 Å². The SMILES string of the molecule is CCCCC/C=C/C/C=C/C/C=C/C/C=C/CCCCCC(=O)OC[C@H](COP(=O)(O)OCC[N+](C)(C)C)OC(=O)CCC/C=C/C/C=C/C/C=C/CCCCCCCC. The molecule has 0 saturated heterocycles. The van der Waals surface area contributed by atoms with Gasteiger partial charge in [-0.05, 0) is 89.9 Å². The molecule has 0 aliphatic heterocycles. The van der Waals surface area contributed by atoms with E-state index in [0.29, 0.717) is 30.3 Å². The zero-order valence-electron chi connectivity index (χ0n) is 38.7. The summed E-state index contributed by atoms with van der Waals surface area (Å²) in [6.45, 7) is 4.27. The molecule has 2 atom stereocenters. The van der Waals surface area contributed by atoms with Crippen LogP contribution in [0.2, 0.25) is 0 Å². The van der Waals surface area contributed by atoms with Crippen LogP contribution in [0.15, 0.2) is 85.1 Å². The second-order valence-electron chi connectivity index (χ2n) is 16.4. The van der Waals surface area contributed by atoms with Gasteiger partial charge in [0, 0.05) is 12.8 Å². The van der Waals surface area contributed by atoms with Gasteiger partial charge in [-0.1, -0.05) is 150 Å². The van der Waals surface area contributed by atoms with Crippen LogP contribution in [-0.4, -0.2) is 74.9 Å². The molecule has 0 aliphatic rings. The number of rotatable bonds is 41. The number of likely N-dealkylation sites (N-methyl/N-ethyl adjacent to an activating group) is 1. The van der Waals surface area contributed by atoms with Gasteiger partial charge < -0.3 is 18.9 Å². The molecule has 344 valence electrons. The number of quaternary nitrogens is 1. The largest absolute Gasteiger partial charge is 0.472 e. The van der Waals surface area contributed by atoms with Gasteiger partial charge in [0.2, 0.25) is 0 Å². The molecule has 10 heteroatoms. The number of hydrogen-bond donors (Lipinski definition) is 1. The minimum absolute atomic E-state index is 0.0127. The Labute approximate surface area is 367 Å². The molecule has 60 heavy (non-hydrogen) atoms. The second-order valence-corrected chi connectivity index (χ2v) is 17.9. The predicted octanol–water partition coefficient (Wildman–Crippen LogP) is 13.6. The Balaban J connectivity index is 4.49. The first-order valence-electron chi connectivity index (χ1n) is 23.3. The maximum Gasteiger partial charge on any atom is 0.472 e. The number of carbonyl (C=O) groups excluding carboxylic acids is 2. The summed E-state index contributed by atoms with van der Waals surface area (Å²) in [4.78, 5) is 35.4. The molecule has 0 aliphatic carbocycles. The van der Waals surface area contributed by atoms with Crippen LogP contribution in [0.1, 0.15) is 168 Å². The smallest absolute Gasteiger partial charge is 0.462 e. The monoisotopic (exact) mass is 861 g/mol. The van der Waals surface area contributed by atoms with Crippen molar-refractivity contribution >= 4 is 19.8 Å². The summed E-state index contributed by atoms with van der Waals surface area (Å²) in [5.74, 6) is -0.903. The Bertz CT molecular complexity index is 1290. The van der Waals surface area contributed by atoms with Crippen LogP contribution < -0.4 is 0 Å². The van der Waals surface area contributed by atoms with E-state index in [1.165, 1.54) is 64.2 Å². The molecule has 0 fully saturated rings. The lowest BCUT2D eigenvalue weighted by molar-refractivity contribution is -0.870. The number of allylic oxidation sites excluding steroid dienone is 14. The van der Waals surface area contributed by atoms with Crippen molar-refractivity contribution in [3.05, 3.63) is 85.1 Å². The molecule has 0 aromatic heterocycles. The lowest BCUT2D eigenvalue weighted by Gasteiger charge is -2.24. The second kappa shape index (κ2) is 41.5. The van der Waals surface area contributed by atoms with E-state index < -0.39 is 32.5 Å². The number of nitrogens with zero attached hydrogens (tertiary/aromatic N) is 1. The van der Waals surface area contributed by atoms with Crippen LogP contribution in [-0.2, 0) is 32.7 Å². The van der Waals surface area contributed by atoms with Crippen molar-refractivity contribution in [2.45, 2.75) is 174 Å². The van der Waals surface area contributed by atoms with Gasteiger partial charge >= 0.3 is 19.8 Å². The summed E-state index contributed by atoms with van der Waals surface area (Å²) in [6.07, 6.45) is 53.5. The third-order valence-electron chi connectivity index (χ3n) is 9.40. The summed E-state index contributed by atoms with van der Waals surface area (Å²) in [7, 11) is 1.41. The number of ether oxygens (including phenoxy) is 2.